The molecule has 3 nitrogen and oxygen atoms in total. The van der Waals surface area contributed by atoms with E-state index < -0.39 is 17.4 Å². The van der Waals surface area contributed by atoms with Crippen LogP contribution in [-0.4, -0.2) is 9.78 Å². The number of aromatic nitrogens is 2. The van der Waals surface area contributed by atoms with Crippen molar-refractivity contribution in [3.05, 3.63) is 51.8 Å². The second-order valence-electron chi connectivity index (χ2n) is 4.27. The molecule has 0 atom stereocenters. The van der Waals surface area contributed by atoms with Crippen LogP contribution in [0.2, 0.25) is 5.15 Å². The number of halogens is 4. The molecule has 0 amide bonds. The molecule has 0 N–H and O–H groups in total. The topological polar surface area (TPSA) is 41.6 Å². The second kappa shape index (κ2) is 5.17. The molecule has 7 heteroatoms. The van der Waals surface area contributed by atoms with Crippen LogP contribution in [0.1, 0.15) is 22.4 Å². The Balaban J connectivity index is 2.44. The van der Waals surface area contributed by atoms with Crippen molar-refractivity contribution in [3.63, 3.8) is 0 Å². The van der Waals surface area contributed by atoms with E-state index >= 15 is 0 Å². The summed E-state index contributed by atoms with van der Waals surface area (Å²) < 4.78 is 39.2. The van der Waals surface area contributed by atoms with Crippen LogP contribution in [0.4, 0.5) is 13.2 Å². The molecule has 1 aromatic carbocycles. The fourth-order valence-electron chi connectivity index (χ4n) is 1.83. The zero-order valence-electron chi connectivity index (χ0n) is 10.4. The van der Waals surface area contributed by atoms with Crippen molar-refractivity contribution in [1.29, 1.82) is 5.26 Å². The molecule has 0 fully saturated rings. The lowest BCUT2D eigenvalue weighted by molar-refractivity contribution is -0.141. The highest BCUT2D eigenvalue weighted by Crippen LogP contribution is 2.34. The summed E-state index contributed by atoms with van der Waals surface area (Å²) >= 11 is 5.80. The van der Waals surface area contributed by atoms with Crippen molar-refractivity contribution in [3.8, 4) is 6.07 Å². The lowest BCUT2D eigenvalue weighted by Gasteiger charge is -2.04. The SMILES string of the molecule is Cc1cccc(Cn2nc(C(F)(F)F)c(C#N)c2Cl)c1. The first kappa shape index (κ1) is 14.4. The van der Waals surface area contributed by atoms with Gasteiger partial charge in [0.15, 0.2) is 5.69 Å². The lowest BCUT2D eigenvalue weighted by atomic mass is 10.1. The van der Waals surface area contributed by atoms with Gasteiger partial charge in [0.05, 0.1) is 6.54 Å². The molecule has 104 valence electrons. The van der Waals surface area contributed by atoms with E-state index in [0.29, 0.717) is 0 Å². The molecule has 1 aromatic heterocycles. The predicted octanol–water partition coefficient (Wildman–Crippen LogP) is 3.78. The zero-order valence-corrected chi connectivity index (χ0v) is 11.1. The fraction of sp³-hybridized carbons (Fsp3) is 0.231. The molecular formula is C13H9ClF3N3. The number of nitrogens with zero attached hydrogens (tertiary/aromatic N) is 3. The molecule has 0 unspecified atom stereocenters. The number of aryl methyl sites for hydroxylation is 1. The number of hydrogen-bond acceptors (Lipinski definition) is 2. The van der Waals surface area contributed by atoms with Crippen molar-refractivity contribution in [2.24, 2.45) is 0 Å². The maximum Gasteiger partial charge on any atom is 0.436 e. The normalized spacial score (nSPS) is 11.4. The number of hydrogen-bond donors (Lipinski definition) is 0. The Morgan fingerprint density at radius 2 is 2.10 bits per heavy atom. The van der Waals surface area contributed by atoms with Gasteiger partial charge >= 0.3 is 6.18 Å². The van der Waals surface area contributed by atoms with Crippen molar-refractivity contribution in [2.45, 2.75) is 19.6 Å². The van der Waals surface area contributed by atoms with Crippen LogP contribution in [-0.2, 0) is 12.7 Å². The van der Waals surface area contributed by atoms with Crippen molar-refractivity contribution < 1.29 is 13.2 Å². The van der Waals surface area contributed by atoms with E-state index in [2.05, 4.69) is 5.10 Å². The summed E-state index contributed by atoms with van der Waals surface area (Å²) in [4.78, 5) is 0. The van der Waals surface area contributed by atoms with Gasteiger partial charge in [-0.25, -0.2) is 4.68 Å². The van der Waals surface area contributed by atoms with Crippen molar-refractivity contribution in [2.75, 3.05) is 0 Å². The van der Waals surface area contributed by atoms with Gasteiger partial charge in [0.1, 0.15) is 16.8 Å². The molecule has 0 radical (unpaired) electrons. The van der Waals surface area contributed by atoms with Gasteiger partial charge in [0, 0.05) is 0 Å². The molecule has 20 heavy (non-hydrogen) atoms. The minimum atomic E-state index is -4.70. The molecule has 0 saturated carbocycles. The van der Waals surface area contributed by atoms with E-state index in [-0.39, 0.29) is 11.7 Å². The van der Waals surface area contributed by atoms with E-state index in [4.69, 9.17) is 16.9 Å². The smallest absolute Gasteiger partial charge is 0.248 e. The Morgan fingerprint density at radius 1 is 1.40 bits per heavy atom. The van der Waals surface area contributed by atoms with Gasteiger partial charge in [0.25, 0.3) is 0 Å². The fourth-order valence-corrected chi connectivity index (χ4v) is 2.06. The van der Waals surface area contributed by atoms with Crippen LogP contribution in [0, 0.1) is 18.3 Å². The van der Waals surface area contributed by atoms with Gasteiger partial charge in [-0.15, -0.1) is 0 Å². The van der Waals surface area contributed by atoms with Crippen LogP contribution < -0.4 is 0 Å². The standard InChI is InChI=1S/C13H9ClF3N3/c1-8-3-2-4-9(5-8)7-20-12(14)10(6-18)11(19-20)13(15,16)17/h2-5H,7H2,1H3. The summed E-state index contributed by atoms with van der Waals surface area (Å²) in [6, 6.07) is 8.68. The maximum atomic E-state index is 12.7. The number of alkyl halides is 3. The first-order chi connectivity index (χ1) is 9.32. The van der Waals surface area contributed by atoms with Crippen LogP contribution in [0.3, 0.4) is 0 Å². The summed E-state index contributed by atoms with van der Waals surface area (Å²) in [6.45, 7) is 1.95. The quantitative estimate of drug-likeness (QED) is 0.846. The largest absolute Gasteiger partial charge is 0.436 e. The minimum absolute atomic E-state index is 0.0747. The molecule has 2 aromatic rings. The van der Waals surface area contributed by atoms with Gasteiger partial charge in [-0.05, 0) is 12.5 Å². The molecule has 0 aliphatic heterocycles. The van der Waals surface area contributed by atoms with Crippen molar-refractivity contribution in [1.82, 2.24) is 9.78 Å². The summed E-state index contributed by atoms with van der Waals surface area (Å²) in [5, 5.41) is 11.9. The van der Waals surface area contributed by atoms with E-state index in [9.17, 15) is 13.2 Å². The summed E-state index contributed by atoms with van der Waals surface area (Å²) in [6.07, 6.45) is -4.70. The van der Waals surface area contributed by atoms with Crippen LogP contribution in [0.25, 0.3) is 0 Å². The van der Waals surface area contributed by atoms with Gasteiger partial charge in [0.2, 0.25) is 0 Å². The minimum Gasteiger partial charge on any atom is -0.248 e. The van der Waals surface area contributed by atoms with Gasteiger partial charge in [-0.1, -0.05) is 41.4 Å². The van der Waals surface area contributed by atoms with Crippen LogP contribution in [0.15, 0.2) is 24.3 Å². The third kappa shape index (κ3) is 2.78. The maximum absolute atomic E-state index is 12.7. The van der Waals surface area contributed by atoms with E-state index in [1.54, 1.807) is 12.1 Å². The molecule has 0 saturated heterocycles. The summed E-state index contributed by atoms with van der Waals surface area (Å²) in [7, 11) is 0. The molecule has 2 rings (SSSR count). The van der Waals surface area contributed by atoms with Crippen molar-refractivity contribution >= 4 is 11.6 Å². The monoisotopic (exact) mass is 299 g/mol. The average molecular weight is 300 g/mol. The third-order valence-corrected chi connectivity index (χ3v) is 3.07. The Bertz CT molecular complexity index is 683. The molecular weight excluding hydrogens is 291 g/mol. The van der Waals surface area contributed by atoms with Gasteiger partial charge < -0.3 is 0 Å². The zero-order chi connectivity index (χ0) is 14.9. The first-order valence-electron chi connectivity index (χ1n) is 5.62. The summed E-state index contributed by atoms with van der Waals surface area (Å²) in [5.74, 6) is 0. The molecule has 0 aliphatic carbocycles. The Labute approximate surface area is 118 Å². The van der Waals surface area contributed by atoms with Gasteiger partial charge in [-0.3, -0.25) is 0 Å². The highest BCUT2D eigenvalue weighted by atomic mass is 35.5. The highest BCUT2D eigenvalue weighted by Gasteiger charge is 2.39. The molecule has 0 aliphatic rings. The predicted molar refractivity (Wildman–Crippen MR) is 67.2 cm³/mol. The van der Waals surface area contributed by atoms with Crippen LogP contribution >= 0.6 is 11.6 Å². The Kier molecular flexibility index (Phi) is 3.73. The molecule has 0 spiro atoms. The number of benzene rings is 1. The van der Waals surface area contributed by atoms with E-state index in [1.807, 2.05) is 19.1 Å². The van der Waals surface area contributed by atoms with E-state index in [1.165, 1.54) is 6.07 Å². The number of nitriles is 1. The average Bonchev–Trinajstić information content (AvgIpc) is 2.66. The third-order valence-electron chi connectivity index (χ3n) is 2.69. The first-order valence-corrected chi connectivity index (χ1v) is 6.00. The Morgan fingerprint density at radius 3 is 2.60 bits per heavy atom. The lowest BCUT2D eigenvalue weighted by Crippen LogP contribution is -2.09. The highest BCUT2D eigenvalue weighted by molar-refractivity contribution is 6.30. The molecule has 0 bridgehead atoms. The second-order valence-corrected chi connectivity index (χ2v) is 4.63. The van der Waals surface area contributed by atoms with Crippen LogP contribution in [0.5, 0.6) is 0 Å². The van der Waals surface area contributed by atoms with Gasteiger partial charge in [-0.2, -0.15) is 23.5 Å². The van der Waals surface area contributed by atoms with E-state index in [0.717, 1.165) is 15.8 Å². The number of rotatable bonds is 2. The molecule has 1 heterocycles. The Hall–Kier alpha value is -2.00. The summed E-state index contributed by atoms with van der Waals surface area (Å²) in [5.41, 5.74) is -0.167.